The number of thioether (sulfide) groups is 1. The first-order valence-electron chi connectivity index (χ1n) is 7.88. The quantitative estimate of drug-likeness (QED) is 0.675. The molecule has 0 bridgehead atoms. The van der Waals surface area contributed by atoms with Gasteiger partial charge >= 0.3 is 12.2 Å². The van der Waals surface area contributed by atoms with Crippen LogP contribution >= 0.6 is 23.4 Å². The van der Waals surface area contributed by atoms with Crippen LogP contribution < -0.4 is 5.32 Å². The van der Waals surface area contributed by atoms with Crippen LogP contribution in [0.4, 0.5) is 23.7 Å². The van der Waals surface area contributed by atoms with Crippen molar-refractivity contribution in [3.05, 3.63) is 64.2 Å². The molecule has 3 rings (SSSR count). The van der Waals surface area contributed by atoms with Gasteiger partial charge in [0.25, 0.3) is 0 Å². The van der Waals surface area contributed by atoms with E-state index in [9.17, 15) is 18.0 Å². The molecule has 1 unspecified atom stereocenters. The number of urea groups is 1. The average molecular weight is 401 g/mol. The molecule has 8 heteroatoms. The zero-order chi connectivity index (χ0) is 18.9. The molecule has 0 aromatic heterocycles. The number of carbonyl (C=O) groups excluding carboxylic acids is 1. The van der Waals surface area contributed by atoms with E-state index in [0.717, 1.165) is 29.0 Å². The van der Waals surface area contributed by atoms with Crippen LogP contribution in [0.1, 0.15) is 22.1 Å². The van der Waals surface area contributed by atoms with Crippen molar-refractivity contribution in [2.75, 3.05) is 17.6 Å². The van der Waals surface area contributed by atoms with E-state index >= 15 is 0 Å². The second-order valence-corrected chi connectivity index (χ2v) is 7.55. The van der Waals surface area contributed by atoms with E-state index in [1.165, 1.54) is 6.07 Å². The predicted molar refractivity (Wildman–Crippen MR) is 98.6 cm³/mol. The lowest BCUT2D eigenvalue weighted by molar-refractivity contribution is -0.137. The molecular formula is C18H16ClF3N2OS. The van der Waals surface area contributed by atoms with Gasteiger partial charge in [-0.05, 0) is 30.7 Å². The third kappa shape index (κ3) is 4.10. The van der Waals surface area contributed by atoms with Gasteiger partial charge in [0.05, 0.1) is 10.6 Å². The van der Waals surface area contributed by atoms with Crippen molar-refractivity contribution in [3.63, 3.8) is 0 Å². The van der Waals surface area contributed by atoms with E-state index in [4.69, 9.17) is 11.6 Å². The Hall–Kier alpha value is -1.86. The highest BCUT2D eigenvalue weighted by atomic mass is 35.5. The first kappa shape index (κ1) is 18.9. The third-order valence-corrected chi connectivity index (χ3v) is 5.63. The highest BCUT2D eigenvalue weighted by molar-refractivity contribution is 7.99. The maximum absolute atomic E-state index is 13.0. The summed E-state index contributed by atoms with van der Waals surface area (Å²) in [4.78, 5) is 14.2. The van der Waals surface area contributed by atoms with Gasteiger partial charge < -0.3 is 10.2 Å². The van der Waals surface area contributed by atoms with Crippen LogP contribution in [0.25, 0.3) is 0 Å². The molecule has 1 heterocycles. The number of amides is 2. The summed E-state index contributed by atoms with van der Waals surface area (Å²) in [5, 5.41) is 1.99. The van der Waals surface area contributed by atoms with Crippen LogP contribution in [-0.2, 0) is 6.18 Å². The molecule has 1 aliphatic heterocycles. The molecule has 0 radical (unpaired) electrons. The fourth-order valence-corrected chi connectivity index (χ4v) is 4.18. The van der Waals surface area contributed by atoms with E-state index in [1.807, 2.05) is 31.2 Å². The topological polar surface area (TPSA) is 32.3 Å². The monoisotopic (exact) mass is 400 g/mol. The molecule has 3 nitrogen and oxygen atoms in total. The molecule has 1 N–H and O–H groups in total. The van der Waals surface area contributed by atoms with Gasteiger partial charge in [-0.3, -0.25) is 0 Å². The SMILES string of the molecule is Cc1ccc(C2SCCN2C(=O)Nc2ccc(Cl)c(C(F)(F)F)c2)cc1. The highest BCUT2D eigenvalue weighted by Gasteiger charge is 2.34. The van der Waals surface area contributed by atoms with Crippen molar-refractivity contribution >= 4 is 35.1 Å². The largest absolute Gasteiger partial charge is 0.417 e. The molecule has 1 saturated heterocycles. The molecular weight excluding hydrogens is 385 g/mol. The normalized spacial score (nSPS) is 17.4. The highest BCUT2D eigenvalue weighted by Crippen LogP contribution is 2.39. The average Bonchev–Trinajstić information content (AvgIpc) is 3.06. The maximum Gasteiger partial charge on any atom is 0.417 e. The Labute approximate surface area is 158 Å². The molecule has 0 spiro atoms. The van der Waals surface area contributed by atoms with Crippen LogP contribution in [0.15, 0.2) is 42.5 Å². The van der Waals surface area contributed by atoms with Crippen LogP contribution in [-0.4, -0.2) is 23.2 Å². The molecule has 138 valence electrons. The lowest BCUT2D eigenvalue weighted by Gasteiger charge is -2.24. The number of benzene rings is 2. The number of nitrogens with one attached hydrogen (secondary N) is 1. The van der Waals surface area contributed by atoms with Crippen LogP contribution in [0.2, 0.25) is 5.02 Å². The third-order valence-electron chi connectivity index (χ3n) is 4.04. The van der Waals surface area contributed by atoms with E-state index < -0.39 is 22.8 Å². The Morgan fingerprint density at radius 1 is 1.23 bits per heavy atom. The Kier molecular flexibility index (Phi) is 5.39. The fourth-order valence-electron chi connectivity index (χ4n) is 2.70. The van der Waals surface area contributed by atoms with Gasteiger partial charge in [0.15, 0.2) is 0 Å². The van der Waals surface area contributed by atoms with E-state index in [0.29, 0.717) is 6.54 Å². The molecule has 2 aromatic carbocycles. The molecule has 0 saturated carbocycles. The molecule has 1 atom stereocenters. The van der Waals surface area contributed by atoms with Crippen LogP contribution in [0.3, 0.4) is 0 Å². The summed E-state index contributed by atoms with van der Waals surface area (Å²) < 4.78 is 38.9. The fraction of sp³-hybridized carbons (Fsp3) is 0.278. The first-order chi connectivity index (χ1) is 12.3. The Morgan fingerprint density at radius 3 is 2.58 bits per heavy atom. The van der Waals surface area contributed by atoms with Gasteiger partial charge in [0, 0.05) is 18.0 Å². The molecule has 1 aliphatic rings. The molecule has 0 aliphatic carbocycles. The lowest BCUT2D eigenvalue weighted by atomic mass is 10.1. The summed E-state index contributed by atoms with van der Waals surface area (Å²) in [5.41, 5.74) is 1.20. The minimum Gasteiger partial charge on any atom is -0.308 e. The minimum atomic E-state index is -4.58. The summed E-state index contributed by atoms with van der Waals surface area (Å²) in [6.07, 6.45) is -4.58. The summed E-state index contributed by atoms with van der Waals surface area (Å²) >= 11 is 7.24. The van der Waals surface area contributed by atoms with E-state index in [-0.39, 0.29) is 11.1 Å². The Morgan fingerprint density at radius 2 is 1.92 bits per heavy atom. The van der Waals surface area contributed by atoms with Crippen LogP contribution in [0.5, 0.6) is 0 Å². The zero-order valence-electron chi connectivity index (χ0n) is 13.8. The van der Waals surface area contributed by atoms with Crippen molar-refractivity contribution in [2.24, 2.45) is 0 Å². The van der Waals surface area contributed by atoms with Gasteiger partial charge in [0.1, 0.15) is 5.37 Å². The number of nitrogens with zero attached hydrogens (tertiary/aromatic N) is 1. The number of aryl methyl sites for hydroxylation is 1. The molecule has 2 amide bonds. The second-order valence-electron chi connectivity index (χ2n) is 5.95. The summed E-state index contributed by atoms with van der Waals surface area (Å²) in [6, 6.07) is 10.8. The number of hydrogen-bond acceptors (Lipinski definition) is 2. The first-order valence-corrected chi connectivity index (χ1v) is 9.31. The minimum absolute atomic E-state index is 0.0614. The van der Waals surface area contributed by atoms with Crippen molar-refractivity contribution in [3.8, 4) is 0 Å². The van der Waals surface area contributed by atoms with Crippen LogP contribution in [0, 0.1) is 6.92 Å². The van der Waals surface area contributed by atoms with E-state index in [1.54, 1.807) is 16.7 Å². The summed E-state index contributed by atoms with van der Waals surface area (Å²) in [5.74, 6) is 0.764. The summed E-state index contributed by atoms with van der Waals surface area (Å²) in [7, 11) is 0. The lowest BCUT2D eigenvalue weighted by Crippen LogP contribution is -2.34. The van der Waals surface area contributed by atoms with Gasteiger partial charge in [-0.2, -0.15) is 13.2 Å². The van der Waals surface area contributed by atoms with Gasteiger partial charge in [0.2, 0.25) is 0 Å². The van der Waals surface area contributed by atoms with Crippen molar-refractivity contribution in [1.29, 1.82) is 0 Å². The maximum atomic E-state index is 13.0. The standard InChI is InChI=1S/C18H16ClF3N2OS/c1-11-2-4-12(5-3-11)16-24(8-9-26-16)17(25)23-13-6-7-15(19)14(10-13)18(20,21)22/h2-7,10,16H,8-9H2,1H3,(H,23,25). The van der Waals surface area contributed by atoms with Crippen molar-refractivity contribution in [1.82, 2.24) is 4.90 Å². The predicted octanol–water partition coefficient (Wildman–Crippen LogP) is 5.95. The van der Waals surface area contributed by atoms with Gasteiger partial charge in [-0.1, -0.05) is 41.4 Å². The Bertz CT molecular complexity index is 811. The number of anilines is 1. The van der Waals surface area contributed by atoms with Crippen molar-refractivity contribution in [2.45, 2.75) is 18.5 Å². The number of hydrogen-bond donors (Lipinski definition) is 1. The molecule has 26 heavy (non-hydrogen) atoms. The second kappa shape index (κ2) is 7.40. The Balaban J connectivity index is 1.78. The van der Waals surface area contributed by atoms with E-state index in [2.05, 4.69) is 5.32 Å². The van der Waals surface area contributed by atoms with Gasteiger partial charge in [-0.25, -0.2) is 4.79 Å². The van der Waals surface area contributed by atoms with Crippen molar-refractivity contribution < 1.29 is 18.0 Å². The number of halogens is 4. The molecule has 1 fully saturated rings. The van der Waals surface area contributed by atoms with Gasteiger partial charge in [-0.15, -0.1) is 11.8 Å². The number of carbonyl (C=O) groups is 1. The summed E-state index contributed by atoms with van der Waals surface area (Å²) in [6.45, 7) is 2.50. The zero-order valence-corrected chi connectivity index (χ0v) is 15.4. The molecule has 2 aromatic rings. The number of rotatable bonds is 2. The number of alkyl halides is 3. The smallest absolute Gasteiger partial charge is 0.308 e.